The van der Waals surface area contributed by atoms with Gasteiger partial charge in [0.15, 0.2) is 5.12 Å². The Morgan fingerprint density at radius 3 is 2.90 bits per heavy atom. The van der Waals surface area contributed by atoms with E-state index in [1.54, 1.807) is 17.9 Å². The van der Waals surface area contributed by atoms with E-state index < -0.39 is 0 Å². The zero-order valence-electron chi connectivity index (χ0n) is 11.7. The number of amides is 1. The van der Waals surface area contributed by atoms with Crippen molar-refractivity contribution in [3.63, 3.8) is 0 Å². The van der Waals surface area contributed by atoms with Crippen LogP contribution in [0.2, 0.25) is 0 Å². The van der Waals surface area contributed by atoms with Gasteiger partial charge in [-0.1, -0.05) is 23.9 Å². The molecule has 1 aromatic rings. The molecule has 0 saturated carbocycles. The van der Waals surface area contributed by atoms with Crippen LogP contribution in [0.5, 0.6) is 0 Å². The molecule has 1 saturated heterocycles. The Balaban J connectivity index is 1.94. The van der Waals surface area contributed by atoms with Crippen LogP contribution in [-0.2, 0) is 16.1 Å². The summed E-state index contributed by atoms with van der Waals surface area (Å²) in [6, 6.07) is 5.07. The van der Waals surface area contributed by atoms with Crippen molar-refractivity contribution in [3.8, 4) is 0 Å². The van der Waals surface area contributed by atoms with Crippen molar-refractivity contribution < 1.29 is 14.0 Å². The van der Waals surface area contributed by atoms with Gasteiger partial charge in [-0.15, -0.1) is 0 Å². The van der Waals surface area contributed by atoms with Crippen LogP contribution in [0, 0.1) is 18.7 Å². The summed E-state index contributed by atoms with van der Waals surface area (Å²) in [5.41, 5.74) is 1.42. The highest BCUT2D eigenvalue weighted by atomic mass is 32.2. The Kier molecular flexibility index (Phi) is 4.81. The lowest BCUT2D eigenvalue weighted by Crippen LogP contribution is -2.24. The number of carbonyl (C=O) groups excluding carboxylic acids is 2. The molecule has 2 rings (SSSR count). The van der Waals surface area contributed by atoms with Crippen LogP contribution in [0.3, 0.4) is 0 Å². The first-order chi connectivity index (χ1) is 9.45. The Labute approximate surface area is 122 Å². The lowest BCUT2D eigenvalue weighted by Gasteiger charge is -2.17. The number of nitrogens with zero attached hydrogens (tertiary/aromatic N) is 1. The molecule has 0 bridgehead atoms. The van der Waals surface area contributed by atoms with Gasteiger partial charge < -0.3 is 4.90 Å². The zero-order chi connectivity index (χ0) is 14.7. The zero-order valence-corrected chi connectivity index (χ0v) is 12.5. The first-order valence-corrected chi connectivity index (χ1v) is 7.60. The standard InChI is InChI=1S/C15H18FNO2S/c1-10-3-4-12(5-14(10)16)7-17-8-13(6-15(17)19)9-20-11(2)18/h3-5,13H,6-9H2,1-2H3. The SMILES string of the molecule is CC(=O)SCC1CC(=O)N(Cc2ccc(C)c(F)c2)C1. The van der Waals surface area contributed by atoms with Gasteiger partial charge in [-0.3, -0.25) is 9.59 Å². The molecule has 5 heteroatoms. The predicted octanol–water partition coefficient (Wildman–Crippen LogP) is 2.76. The number of hydrogen-bond donors (Lipinski definition) is 0. The summed E-state index contributed by atoms with van der Waals surface area (Å²) < 4.78 is 13.5. The van der Waals surface area contributed by atoms with Gasteiger partial charge >= 0.3 is 0 Å². The van der Waals surface area contributed by atoms with Crippen LogP contribution in [0.25, 0.3) is 0 Å². The number of benzene rings is 1. The number of rotatable bonds is 4. The van der Waals surface area contributed by atoms with Crippen LogP contribution in [0.15, 0.2) is 18.2 Å². The second-order valence-corrected chi connectivity index (χ2v) is 6.43. The highest BCUT2D eigenvalue weighted by Crippen LogP contribution is 2.24. The monoisotopic (exact) mass is 295 g/mol. The van der Waals surface area contributed by atoms with Crippen molar-refractivity contribution in [3.05, 3.63) is 35.1 Å². The molecular formula is C15H18FNO2S. The van der Waals surface area contributed by atoms with Gasteiger partial charge in [0.05, 0.1) is 0 Å². The third-order valence-corrected chi connectivity index (χ3v) is 4.47. The minimum atomic E-state index is -0.238. The largest absolute Gasteiger partial charge is 0.338 e. The van der Waals surface area contributed by atoms with E-state index in [1.165, 1.54) is 24.8 Å². The molecule has 0 N–H and O–H groups in total. The van der Waals surface area contributed by atoms with Gasteiger partial charge in [-0.2, -0.15) is 0 Å². The van der Waals surface area contributed by atoms with Crippen LogP contribution in [0.4, 0.5) is 4.39 Å². The third-order valence-electron chi connectivity index (χ3n) is 3.43. The summed E-state index contributed by atoms with van der Waals surface area (Å²) >= 11 is 1.27. The summed E-state index contributed by atoms with van der Waals surface area (Å²) in [6.45, 7) is 4.34. The Hall–Kier alpha value is -1.36. The molecule has 3 nitrogen and oxygen atoms in total. The van der Waals surface area contributed by atoms with Crippen LogP contribution < -0.4 is 0 Å². The highest BCUT2D eigenvalue weighted by molar-refractivity contribution is 8.13. The van der Waals surface area contributed by atoms with Crippen molar-refractivity contribution in [1.82, 2.24) is 4.90 Å². The second kappa shape index (κ2) is 6.39. The van der Waals surface area contributed by atoms with Gasteiger partial charge in [0.2, 0.25) is 5.91 Å². The van der Waals surface area contributed by atoms with E-state index in [-0.39, 0.29) is 22.8 Å². The maximum absolute atomic E-state index is 13.5. The maximum Gasteiger partial charge on any atom is 0.223 e. The number of carbonyl (C=O) groups is 2. The molecule has 0 spiro atoms. The van der Waals surface area contributed by atoms with E-state index in [0.29, 0.717) is 30.8 Å². The Bertz CT molecular complexity index is 533. The van der Waals surface area contributed by atoms with Crippen molar-refractivity contribution in [1.29, 1.82) is 0 Å². The number of halogens is 1. The quantitative estimate of drug-likeness (QED) is 0.857. The average molecular weight is 295 g/mol. The average Bonchev–Trinajstić information content (AvgIpc) is 2.72. The molecule has 108 valence electrons. The van der Waals surface area contributed by atoms with Crippen molar-refractivity contribution in [2.24, 2.45) is 5.92 Å². The van der Waals surface area contributed by atoms with Gasteiger partial charge in [0.25, 0.3) is 0 Å². The summed E-state index contributed by atoms with van der Waals surface area (Å²) in [5, 5.41) is 0.0801. The fourth-order valence-electron chi connectivity index (χ4n) is 2.31. The fraction of sp³-hybridized carbons (Fsp3) is 0.467. The lowest BCUT2D eigenvalue weighted by atomic mass is 10.1. The van der Waals surface area contributed by atoms with Crippen LogP contribution in [-0.4, -0.2) is 28.2 Å². The number of aryl methyl sites for hydroxylation is 1. The molecule has 1 heterocycles. The Morgan fingerprint density at radius 2 is 2.25 bits per heavy atom. The molecule has 20 heavy (non-hydrogen) atoms. The van der Waals surface area contributed by atoms with Crippen LogP contribution >= 0.6 is 11.8 Å². The minimum absolute atomic E-state index is 0.0801. The van der Waals surface area contributed by atoms with E-state index >= 15 is 0 Å². The second-order valence-electron chi connectivity index (χ2n) is 5.23. The lowest BCUT2D eigenvalue weighted by molar-refractivity contribution is -0.128. The molecule has 1 atom stereocenters. The Morgan fingerprint density at radius 1 is 1.50 bits per heavy atom. The molecule has 0 aromatic heterocycles. The van der Waals surface area contributed by atoms with Gasteiger partial charge in [-0.05, 0) is 30.0 Å². The van der Waals surface area contributed by atoms with E-state index in [2.05, 4.69) is 0 Å². The molecular weight excluding hydrogens is 277 g/mol. The van der Waals surface area contributed by atoms with Gasteiger partial charge in [-0.25, -0.2) is 4.39 Å². The number of thioether (sulfide) groups is 1. The third kappa shape index (κ3) is 3.82. The van der Waals surface area contributed by atoms with E-state index in [9.17, 15) is 14.0 Å². The summed E-state index contributed by atoms with van der Waals surface area (Å²) in [4.78, 5) is 24.6. The normalized spacial score (nSPS) is 18.6. The first-order valence-electron chi connectivity index (χ1n) is 6.62. The molecule has 1 fully saturated rings. The van der Waals surface area contributed by atoms with Crippen LogP contribution in [0.1, 0.15) is 24.5 Å². The smallest absolute Gasteiger partial charge is 0.223 e. The molecule has 1 aromatic carbocycles. The summed E-state index contributed by atoms with van der Waals surface area (Å²) in [7, 11) is 0. The minimum Gasteiger partial charge on any atom is -0.338 e. The molecule has 0 aliphatic carbocycles. The summed E-state index contributed by atoms with van der Waals surface area (Å²) in [6.07, 6.45) is 0.481. The van der Waals surface area contributed by atoms with Crippen molar-refractivity contribution in [2.75, 3.05) is 12.3 Å². The van der Waals surface area contributed by atoms with Gasteiger partial charge in [0.1, 0.15) is 5.82 Å². The van der Waals surface area contributed by atoms with Crippen molar-refractivity contribution in [2.45, 2.75) is 26.8 Å². The fourth-order valence-corrected chi connectivity index (χ4v) is 3.00. The molecule has 1 aliphatic heterocycles. The molecule has 1 unspecified atom stereocenters. The van der Waals surface area contributed by atoms with Gasteiger partial charge in [0, 0.05) is 32.2 Å². The number of hydrogen-bond acceptors (Lipinski definition) is 3. The topological polar surface area (TPSA) is 37.4 Å². The molecule has 1 aliphatic rings. The summed E-state index contributed by atoms with van der Waals surface area (Å²) in [5.74, 6) is 0.740. The van der Waals surface area contributed by atoms with Crippen molar-refractivity contribution >= 4 is 22.8 Å². The molecule has 0 radical (unpaired) electrons. The highest BCUT2D eigenvalue weighted by Gasteiger charge is 2.29. The predicted molar refractivity (Wildman–Crippen MR) is 77.8 cm³/mol. The number of likely N-dealkylation sites (tertiary alicyclic amines) is 1. The maximum atomic E-state index is 13.5. The molecule has 1 amide bonds. The first kappa shape index (κ1) is 15.0. The van der Waals surface area contributed by atoms with E-state index in [1.807, 2.05) is 6.07 Å². The van der Waals surface area contributed by atoms with E-state index in [4.69, 9.17) is 0 Å². The van der Waals surface area contributed by atoms with E-state index in [0.717, 1.165) is 5.56 Å².